The third kappa shape index (κ3) is 1.95. The van der Waals surface area contributed by atoms with Crippen LogP contribution in [0.15, 0.2) is 18.6 Å². The van der Waals surface area contributed by atoms with Gasteiger partial charge in [0.25, 0.3) is 0 Å². The van der Waals surface area contributed by atoms with Crippen molar-refractivity contribution < 1.29 is 14.6 Å². The van der Waals surface area contributed by atoms with Gasteiger partial charge < -0.3 is 9.84 Å². The zero-order valence-electron chi connectivity index (χ0n) is 8.75. The summed E-state index contributed by atoms with van der Waals surface area (Å²) in [5.74, 6) is -0.585. The molecule has 2 aromatic rings. The predicted molar refractivity (Wildman–Crippen MR) is 55.7 cm³/mol. The molecule has 0 fully saturated rings. The van der Waals surface area contributed by atoms with Crippen molar-refractivity contribution in [3.05, 3.63) is 24.3 Å². The van der Waals surface area contributed by atoms with E-state index in [4.69, 9.17) is 9.84 Å². The molecule has 16 heavy (non-hydrogen) atoms. The van der Waals surface area contributed by atoms with Crippen molar-refractivity contribution in [1.82, 2.24) is 14.4 Å². The summed E-state index contributed by atoms with van der Waals surface area (Å²) >= 11 is 0. The van der Waals surface area contributed by atoms with E-state index in [2.05, 4.69) is 9.97 Å². The van der Waals surface area contributed by atoms with Gasteiger partial charge in [0.05, 0.1) is 19.0 Å². The molecule has 0 saturated carbocycles. The summed E-state index contributed by atoms with van der Waals surface area (Å²) in [6, 6.07) is 0. The number of fused-ring (bicyclic) bond motifs is 1. The number of aromatic carboxylic acids is 1. The molecule has 0 aliphatic carbocycles. The Morgan fingerprint density at radius 2 is 2.38 bits per heavy atom. The average Bonchev–Trinajstić information content (AvgIpc) is 2.67. The van der Waals surface area contributed by atoms with Crippen molar-refractivity contribution in [1.29, 1.82) is 0 Å². The maximum Gasteiger partial charge on any atom is 0.356 e. The van der Waals surface area contributed by atoms with E-state index < -0.39 is 5.97 Å². The van der Waals surface area contributed by atoms with E-state index in [9.17, 15) is 4.79 Å². The van der Waals surface area contributed by atoms with Crippen LogP contribution in [0.3, 0.4) is 0 Å². The van der Waals surface area contributed by atoms with Crippen LogP contribution >= 0.6 is 0 Å². The van der Waals surface area contributed by atoms with Gasteiger partial charge in [-0.1, -0.05) is 6.92 Å². The summed E-state index contributed by atoms with van der Waals surface area (Å²) in [5.41, 5.74) is 0.544. The minimum Gasteiger partial charge on any atom is -0.477 e. The first-order valence-corrected chi connectivity index (χ1v) is 4.91. The lowest BCUT2D eigenvalue weighted by atomic mass is 10.4. The zero-order valence-corrected chi connectivity index (χ0v) is 8.75. The maximum atomic E-state index is 10.7. The first-order valence-electron chi connectivity index (χ1n) is 4.91. The normalized spacial score (nSPS) is 10.6. The summed E-state index contributed by atoms with van der Waals surface area (Å²) < 4.78 is 6.92. The summed E-state index contributed by atoms with van der Waals surface area (Å²) in [6.07, 6.45) is 5.34. The zero-order chi connectivity index (χ0) is 11.5. The largest absolute Gasteiger partial charge is 0.477 e. The van der Waals surface area contributed by atoms with Crippen LogP contribution in [-0.4, -0.2) is 32.1 Å². The molecule has 2 rings (SSSR count). The Morgan fingerprint density at radius 1 is 1.56 bits per heavy atom. The Labute approximate surface area is 91.5 Å². The molecule has 2 aromatic heterocycles. The van der Waals surface area contributed by atoms with Crippen LogP contribution in [0.1, 0.15) is 23.8 Å². The quantitative estimate of drug-likeness (QED) is 0.839. The van der Waals surface area contributed by atoms with Crippen molar-refractivity contribution in [3.8, 4) is 5.88 Å². The second kappa shape index (κ2) is 4.18. The maximum absolute atomic E-state index is 10.7. The van der Waals surface area contributed by atoms with Crippen LogP contribution in [0.2, 0.25) is 0 Å². The number of carbonyl (C=O) groups is 1. The highest BCUT2D eigenvalue weighted by molar-refractivity contribution is 5.85. The Bertz CT molecular complexity index is 521. The van der Waals surface area contributed by atoms with Crippen LogP contribution < -0.4 is 4.74 Å². The van der Waals surface area contributed by atoms with Crippen molar-refractivity contribution in [2.45, 2.75) is 13.3 Å². The van der Waals surface area contributed by atoms with Crippen molar-refractivity contribution in [2.75, 3.05) is 6.61 Å². The lowest BCUT2D eigenvalue weighted by Crippen LogP contribution is -2.01. The van der Waals surface area contributed by atoms with E-state index in [1.165, 1.54) is 12.4 Å². The number of hydrogen-bond donors (Lipinski definition) is 1. The lowest BCUT2D eigenvalue weighted by molar-refractivity contribution is 0.0690. The van der Waals surface area contributed by atoms with Gasteiger partial charge >= 0.3 is 5.97 Å². The number of carboxylic acids is 1. The van der Waals surface area contributed by atoms with E-state index in [0.29, 0.717) is 18.1 Å². The van der Waals surface area contributed by atoms with Crippen LogP contribution in [0.5, 0.6) is 5.88 Å². The number of aromatic nitrogens is 3. The van der Waals surface area contributed by atoms with Crippen molar-refractivity contribution in [2.24, 2.45) is 0 Å². The molecule has 0 aromatic carbocycles. The van der Waals surface area contributed by atoms with Gasteiger partial charge in [-0.3, -0.25) is 4.40 Å². The van der Waals surface area contributed by atoms with Gasteiger partial charge in [0, 0.05) is 6.20 Å². The molecule has 0 spiro atoms. The summed E-state index contributed by atoms with van der Waals surface area (Å²) in [5, 5.41) is 8.77. The van der Waals surface area contributed by atoms with Gasteiger partial charge in [0.1, 0.15) is 0 Å². The Balaban J connectivity index is 2.34. The molecule has 0 aliphatic rings. The Hall–Kier alpha value is -2.11. The molecular weight excluding hydrogens is 210 g/mol. The molecule has 0 amide bonds. The first kappa shape index (κ1) is 10.4. The lowest BCUT2D eigenvalue weighted by Gasteiger charge is -1.96. The van der Waals surface area contributed by atoms with E-state index >= 15 is 0 Å². The number of rotatable bonds is 4. The first-order chi connectivity index (χ1) is 7.70. The smallest absolute Gasteiger partial charge is 0.356 e. The molecule has 0 aliphatic heterocycles. The highest BCUT2D eigenvalue weighted by atomic mass is 16.5. The Kier molecular flexibility index (Phi) is 2.72. The highest BCUT2D eigenvalue weighted by Crippen LogP contribution is 2.11. The van der Waals surface area contributed by atoms with Crippen molar-refractivity contribution >= 4 is 11.6 Å². The van der Waals surface area contributed by atoms with E-state index in [-0.39, 0.29) is 5.69 Å². The third-order valence-electron chi connectivity index (χ3n) is 1.99. The topological polar surface area (TPSA) is 76.7 Å². The van der Waals surface area contributed by atoms with E-state index in [0.717, 1.165) is 6.42 Å². The van der Waals surface area contributed by atoms with E-state index in [1.54, 1.807) is 10.6 Å². The molecule has 0 atom stereocenters. The van der Waals surface area contributed by atoms with Crippen LogP contribution in [0, 0.1) is 0 Å². The molecule has 0 saturated heterocycles. The number of carboxylic acid groups (broad SMARTS) is 1. The highest BCUT2D eigenvalue weighted by Gasteiger charge is 2.08. The minimum atomic E-state index is -1.06. The van der Waals surface area contributed by atoms with Gasteiger partial charge in [-0.2, -0.15) is 4.98 Å². The fourth-order valence-electron chi connectivity index (χ4n) is 1.26. The van der Waals surface area contributed by atoms with E-state index in [1.807, 2.05) is 6.92 Å². The SMILES string of the molecule is CCCOc1cn2cc(C(=O)O)ncc2n1. The fraction of sp³-hybridized carbons (Fsp3) is 0.300. The van der Waals surface area contributed by atoms with Gasteiger partial charge in [-0.05, 0) is 6.42 Å². The van der Waals surface area contributed by atoms with Crippen LogP contribution in [-0.2, 0) is 0 Å². The summed E-state index contributed by atoms with van der Waals surface area (Å²) in [6.45, 7) is 2.59. The third-order valence-corrected chi connectivity index (χ3v) is 1.99. The van der Waals surface area contributed by atoms with Crippen LogP contribution in [0.4, 0.5) is 0 Å². The summed E-state index contributed by atoms with van der Waals surface area (Å²) in [7, 11) is 0. The Morgan fingerprint density at radius 3 is 3.06 bits per heavy atom. The monoisotopic (exact) mass is 221 g/mol. The van der Waals surface area contributed by atoms with Gasteiger partial charge in [-0.15, -0.1) is 0 Å². The standard InChI is InChI=1S/C10H11N3O3/c1-2-3-16-9-6-13-5-7(10(14)15)11-4-8(13)12-9/h4-6H,2-3H2,1H3,(H,14,15). The molecule has 6 heteroatoms. The molecule has 0 bridgehead atoms. The van der Waals surface area contributed by atoms with Gasteiger partial charge in [0.15, 0.2) is 11.3 Å². The van der Waals surface area contributed by atoms with Crippen LogP contribution in [0.25, 0.3) is 5.65 Å². The molecule has 0 radical (unpaired) electrons. The molecule has 6 nitrogen and oxygen atoms in total. The predicted octanol–water partition coefficient (Wildman–Crippen LogP) is 1.22. The van der Waals surface area contributed by atoms with Gasteiger partial charge in [-0.25, -0.2) is 9.78 Å². The average molecular weight is 221 g/mol. The fourth-order valence-corrected chi connectivity index (χ4v) is 1.26. The summed E-state index contributed by atoms with van der Waals surface area (Å²) in [4.78, 5) is 18.6. The number of imidazole rings is 1. The number of nitrogens with zero attached hydrogens (tertiary/aromatic N) is 3. The van der Waals surface area contributed by atoms with Gasteiger partial charge in [0.2, 0.25) is 5.88 Å². The number of hydrogen-bond acceptors (Lipinski definition) is 4. The second-order valence-corrected chi connectivity index (χ2v) is 3.27. The molecule has 1 N–H and O–H groups in total. The molecular formula is C10H11N3O3. The molecule has 0 unspecified atom stereocenters. The molecule has 84 valence electrons. The molecule has 2 heterocycles. The van der Waals surface area contributed by atoms with Crippen molar-refractivity contribution in [3.63, 3.8) is 0 Å². The number of ether oxygens (including phenoxy) is 1. The minimum absolute atomic E-state index is 0.0214. The second-order valence-electron chi connectivity index (χ2n) is 3.27.